The molecule has 80 valence electrons. The molecule has 0 aromatic carbocycles. The van der Waals surface area contributed by atoms with Crippen LogP contribution in [0.4, 0.5) is 0 Å². The molecule has 1 aromatic rings. The lowest BCUT2D eigenvalue weighted by atomic mass is 10.4. The minimum absolute atomic E-state index is 0.448. The van der Waals surface area contributed by atoms with Crippen molar-refractivity contribution in [3.8, 4) is 0 Å². The van der Waals surface area contributed by atoms with Crippen LogP contribution in [0.3, 0.4) is 0 Å². The second kappa shape index (κ2) is 4.53. The van der Waals surface area contributed by atoms with E-state index >= 15 is 0 Å². The highest BCUT2D eigenvalue weighted by Gasteiger charge is 2.19. The molecule has 0 saturated heterocycles. The summed E-state index contributed by atoms with van der Waals surface area (Å²) in [7, 11) is 0.856. The molecular weight excluding hydrogens is 210 g/mol. The second-order valence-corrected chi connectivity index (χ2v) is 4.74. The van der Waals surface area contributed by atoms with Gasteiger partial charge in [0.1, 0.15) is 0 Å². The van der Waals surface area contributed by atoms with Crippen LogP contribution >= 0.6 is 0 Å². The number of aliphatic imine (C=N–C) groups is 1. The third-order valence-electron chi connectivity index (χ3n) is 2.22. The van der Waals surface area contributed by atoms with E-state index in [0.29, 0.717) is 10.9 Å². The molecule has 4 nitrogen and oxygen atoms in total. The number of likely N-dealkylation sites (N-methyl/N-ethyl adjacent to an activating group) is 1. The molecule has 1 atom stereocenters. The molecule has 0 radical (unpaired) electrons. The van der Waals surface area contributed by atoms with Crippen molar-refractivity contribution < 1.29 is 4.21 Å². The van der Waals surface area contributed by atoms with Gasteiger partial charge in [-0.1, -0.05) is 6.07 Å². The molecule has 2 rings (SSSR count). The van der Waals surface area contributed by atoms with Crippen LogP contribution in [0.1, 0.15) is 5.69 Å². The summed E-state index contributed by atoms with van der Waals surface area (Å²) < 4.78 is 11.9. The average Bonchev–Trinajstić information content (AvgIpc) is 2.66. The zero-order chi connectivity index (χ0) is 10.7. The Morgan fingerprint density at radius 2 is 2.40 bits per heavy atom. The number of rotatable bonds is 2. The largest absolute Gasteiger partial charge is 0.351 e. The highest BCUT2D eigenvalue weighted by Crippen LogP contribution is 2.07. The van der Waals surface area contributed by atoms with Gasteiger partial charge in [0, 0.05) is 19.8 Å². The molecule has 0 N–H and O–H groups in total. The molecule has 0 saturated carbocycles. The standard InChI is InChI=1S/C10H13N3OS/c1-13-7-6-12-10(13)15(14)8-9-4-2-3-5-11-9/h2-5H,6-8H2,1H3. The first-order valence-electron chi connectivity index (χ1n) is 4.81. The van der Waals surface area contributed by atoms with Gasteiger partial charge in [0.25, 0.3) is 0 Å². The molecule has 2 heterocycles. The number of aromatic nitrogens is 1. The van der Waals surface area contributed by atoms with E-state index in [4.69, 9.17) is 0 Å². The number of hydrogen-bond donors (Lipinski definition) is 0. The fourth-order valence-electron chi connectivity index (χ4n) is 1.44. The van der Waals surface area contributed by atoms with Crippen LogP contribution in [0.25, 0.3) is 0 Å². The number of nitrogens with zero attached hydrogens (tertiary/aromatic N) is 3. The third kappa shape index (κ3) is 2.41. The topological polar surface area (TPSA) is 45.6 Å². The van der Waals surface area contributed by atoms with Gasteiger partial charge in [0.2, 0.25) is 0 Å². The molecule has 1 aliphatic rings. The zero-order valence-electron chi connectivity index (χ0n) is 8.59. The van der Waals surface area contributed by atoms with Gasteiger partial charge in [0.15, 0.2) is 5.17 Å². The summed E-state index contributed by atoms with van der Waals surface area (Å²) in [4.78, 5) is 10.3. The molecule has 1 aliphatic heterocycles. The number of hydrogen-bond acceptors (Lipinski definition) is 4. The molecule has 0 fully saturated rings. The van der Waals surface area contributed by atoms with Gasteiger partial charge in [-0.25, -0.2) is 0 Å². The minimum Gasteiger partial charge on any atom is -0.351 e. The van der Waals surface area contributed by atoms with E-state index < -0.39 is 10.8 Å². The maximum absolute atomic E-state index is 11.9. The van der Waals surface area contributed by atoms with E-state index in [1.54, 1.807) is 6.20 Å². The Kier molecular flexibility index (Phi) is 3.11. The van der Waals surface area contributed by atoms with Crippen molar-refractivity contribution in [2.24, 2.45) is 4.99 Å². The van der Waals surface area contributed by atoms with Crippen LogP contribution in [0.5, 0.6) is 0 Å². The van der Waals surface area contributed by atoms with Crippen molar-refractivity contribution in [2.75, 3.05) is 20.1 Å². The molecule has 1 aromatic heterocycles. The minimum atomic E-state index is -1.06. The zero-order valence-corrected chi connectivity index (χ0v) is 9.41. The predicted octanol–water partition coefficient (Wildman–Crippen LogP) is 0.632. The Balaban J connectivity index is 2.04. The first kappa shape index (κ1) is 10.3. The SMILES string of the molecule is CN1CCN=C1S(=O)Cc1ccccn1. The predicted molar refractivity (Wildman–Crippen MR) is 61.0 cm³/mol. The first-order valence-corrected chi connectivity index (χ1v) is 6.13. The van der Waals surface area contributed by atoms with Gasteiger partial charge in [-0.15, -0.1) is 0 Å². The maximum atomic E-state index is 11.9. The van der Waals surface area contributed by atoms with Crippen molar-refractivity contribution in [1.29, 1.82) is 0 Å². The van der Waals surface area contributed by atoms with Crippen molar-refractivity contribution in [1.82, 2.24) is 9.88 Å². The van der Waals surface area contributed by atoms with Gasteiger partial charge in [-0.05, 0) is 12.1 Å². The van der Waals surface area contributed by atoms with Crippen molar-refractivity contribution >= 4 is 16.0 Å². The Morgan fingerprint density at radius 1 is 1.53 bits per heavy atom. The molecule has 0 bridgehead atoms. The second-order valence-electron chi connectivity index (χ2n) is 3.40. The molecular formula is C10H13N3OS. The van der Waals surface area contributed by atoms with Crippen LogP contribution in [0.2, 0.25) is 0 Å². The normalized spacial score (nSPS) is 17.7. The van der Waals surface area contributed by atoms with Gasteiger partial charge in [-0.2, -0.15) is 0 Å². The van der Waals surface area contributed by atoms with Gasteiger partial charge >= 0.3 is 0 Å². The highest BCUT2D eigenvalue weighted by atomic mass is 32.2. The molecule has 5 heteroatoms. The van der Waals surface area contributed by atoms with Gasteiger partial charge in [0.05, 0.1) is 28.8 Å². The summed E-state index contributed by atoms with van der Waals surface area (Å²) in [6, 6.07) is 5.64. The van der Waals surface area contributed by atoms with E-state index in [9.17, 15) is 4.21 Å². The van der Waals surface area contributed by atoms with Crippen LogP contribution in [0.15, 0.2) is 29.4 Å². The third-order valence-corrected chi connectivity index (χ3v) is 3.62. The van der Waals surface area contributed by atoms with E-state index in [1.807, 2.05) is 30.1 Å². The summed E-state index contributed by atoms with van der Waals surface area (Å²) in [5.41, 5.74) is 0.846. The fraction of sp³-hybridized carbons (Fsp3) is 0.400. The lowest BCUT2D eigenvalue weighted by Gasteiger charge is -2.12. The summed E-state index contributed by atoms with van der Waals surface area (Å²) in [5.74, 6) is 0.448. The number of amidine groups is 1. The summed E-state index contributed by atoms with van der Waals surface area (Å²) in [6.07, 6.45) is 1.71. The van der Waals surface area contributed by atoms with Crippen molar-refractivity contribution in [2.45, 2.75) is 5.75 Å². The van der Waals surface area contributed by atoms with Crippen molar-refractivity contribution in [3.63, 3.8) is 0 Å². The Morgan fingerprint density at radius 3 is 3.00 bits per heavy atom. The fourth-order valence-corrected chi connectivity index (χ4v) is 2.68. The summed E-state index contributed by atoms with van der Waals surface area (Å²) in [5, 5.41) is 0.695. The molecule has 15 heavy (non-hydrogen) atoms. The summed E-state index contributed by atoms with van der Waals surface area (Å²) >= 11 is 0. The van der Waals surface area contributed by atoms with Crippen LogP contribution < -0.4 is 0 Å². The molecule has 1 unspecified atom stereocenters. The quantitative estimate of drug-likeness (QED) is 0.739. The molecule has 0 amide bonds. The van der Waals surface area contributed by atoms with Gasteiger partial charge < -0.3 is 4.90 Å². The van der Waals surface area contributed by atoms with Crippen LogP contribution in [-0.2, 0) is 16.6 Å². The Hall–Kier alpha value is -1.23. The number of pyridine rings is 1. The highest BCUT2D eigenvalue weighted by molar-refractivity contribution is 7.99. The van der Waals surface area contributed by atoms with E-state index in [0.717, 1.165) is 18.8 Å². The molecule has 0 spiro atoms. The summed E-state index contributed by atoms with van der Waals surface area (Å²) in [6.45, 7) is 1.61. The monoisotopic (exact) mass is 223 g/mol. The Labute approximate surface area is 91.5 Å². The lowest BCUT2D eigenvalue weighted by Crippen LogP contribution is -2.27. The average molecular weight is 223 g/mol. The van der Waals surface area contributed by atoms with Crippen LogP contribution in [-0.4, -0.2) is 39.4 Å². The molecule has 0 aliphatic carbocycles. The van der Waals surface area contributed by atoms with E-state index in [1.165, 1.54) is 0 Å². The van der Waals surface area contributed by atoms with E-state index in [2.05, 4.69) is 9.98 Å². The van der Waals surface area contributed by atoms with E-state index in [-0.39, 0.29) is 0 Å². The van der Waals surface area contributed by atoms with Crippen molar-refractivity contribution in [3.05, 3.63) is 30.1 Å². The lowest BCUT2D eigenvalue weighted by molar-refractivity contribution is 0.561. The smallest absolute Gasteiger partial charge is 0.190 e. The Bertz CT molecular complexity index is 391. The first-order chi connectivity index (χ1) is 7.27. The van der Waals surface area contributed by atoms with Crippen LogP contribution in [0, 0.1) is 0 Å². The maximum Gasteiger partial charge on any atom is 0.190 e. The van der Waals surface area contributed by atoms with Gasteiger partial charge in [-0.3, -0.25) is 14.2 Å².